The number of hydrogen-bond donors (Lipinski definition) is 1. The summed E-state index contributed by atoms with van der Waals surface area (Å²) in [6.07, 6.45) is -7.62. The average Bonchev–Trinajstić information content (AvgIpc) is 3.07. The Bertz CT molecular complexity index is 649. The van der Waals surface area contributed by atoms with Crippen molar-refractivity contribution >= 4 is 5.97 Å². The summed E-state index contributed by atoms with van der Waals surface area (Å²) in [6, 6.07) is 6.70. The van der Waals surface area contributed by atoms with Crippen molar-refractivity contribution in [2.45, 2.75) is 31.2 Å². The predicted octanol–water partition coefficient (Wildman–Crippen LogP) is 3.54. The molecule has 2 rings (SSSR count). The second kappa shape index (κ2) is 10.7. The molecule has 0 aromatic heterocycles. The molecule has 1 atom stereocenters. The van der Waals surface area contributed by atoms with Gasteiger partial charge in [0, 0.05) is 19.1 Å². The van der Waals surface area contributed by atoms with Gasteiger partial charge in [-0.3, -0.25) is 0 Å². The van der Waals surface area contributed by atoms with Gasteiger partial charge in [0.25, 0.3) is 0 Å². The van der Waals surface area contributed by atoms with Crippen molar-refractivity contribution in [3.05, 3.63) is 29.8 Å². The van der Waals surface area contributed by atoms with Gasteiger partial charge in [-0.1, -0.05) is 6.07 Å². The molecule has 1 aromatic rings. The average molecular weight is 429 g/mol. The number of rotatable bonds is 6. The van der Waals surface area contributed by atoms with Gasteiger partial charge in [-0.15, -0.1) is 0 Å². The van der Waals surface area contributed by atoms with Crippen LogP contribution >= 0.6 is 0 Å². The van der Waals surface area contributed by atoms with Gasteiger partial charge in [0.2, 0.25) is 0 Å². The topological polar surface area (TPSA) is 53.0 Å². The first-order chi connectivity index (χ1) is 13.3. The van der Waals surface area contributed by atoms with Crippen LogP contribution in [0.5, 0.6) is 5.75 Å². The number of carboxylic acids is 1. The van der Waals surface area contributed by atoms with Crippen LogP contribution in [0.2, 0.25) is 0 Å². The number of likely N-dealkylation sites (tertiary alicyclic amines) is 1. The Hall–Kier alpha value is -2.01. The molecule has 29 heavy (non-hydrogen) atoms. The van der Waals surface area contributed by atoms with Crippen LogP contribution in [0, 0.1) is 6.07 Å². The molecule has 0 spiro atoms. The molecule has 1 saturated heterocycles. The lowest BCUT2D eigenvalue weighted by molar-refractivity contribution is -0.192. The van der Waals surface area contributed by atoms with Crippen LogP contribution in [0.15, 0.2) is 18.2 Å². The van der Waals surface area contributed by atoms with E-state index in [1.54, 1.807) is 0 Å². The summed E-state index contributed by atoms with van der Waals surface area (Å²) in [5.74, 6) is -2.89. The lowest BCUT2D eigenvalue weighted by Gasteiger charge is -2.20. The molecule has 1 N–H and O–H groups in total. The van der Waals surface area contributed by atoms with Gasteiger partial charge < -0.3 is 19.6 Å². The quantitative estimate of drug-likeness (QED) is 0.554. The highest BCUT2D eigenvalue weighted by molar-refractivity contribution is 5.73. The van der Waals surface area contributed by atoms with Gasteiger partial charge in [-0.2, -0.15) is 26.3 Å². The molecule has 165 valence electrons. The van der Waals surface area contributed by atoms with Crippen molar-refractivity contribution in [1.29, 1.82) is 0 Å². The normalized spacial score (nSPS) is 17.8. The Morgan fingerprint density at radius 3 is 2.41 bits per heavy atom. The monoisotopic (exact) mass is 429 g/mol. The van der Waals surface area contributed by atoms with Crippen LogP contribution < -0.4 is 4.74 Å². The molecule has 0 aliphatic carbocycles. The van der Waals surface area contributed by atoms with Gasteiger partial charge in [0.1, 0.15) is 5.75 Å². The van der Waals surface area contributed by atoms with Gasteiger partial charge in [-0.25, -0.2) is 4.79 Å². The highest BCUT2D eigenvalue weighted by Crippen LogP contribution is 2.35. The van der Waals surface area contributed by atoms with E-state index in [4.69, 9.17) is 14.6 Å². The maximum absolute atomic E-state index is 12.8. The maximum Gasteiger partial charge on any atom is 0.490 e. The highest BCUT2D eigenvalue weighted by atomic mass is 19.4. The SMILES string of the molecule is CN(C)[C@@H]1CCN(CCCOc2c[c]ccc2C(F)(F)F)C1.O=C(O)C(F)(F)F. The first-order valence-electron chi connectivity index (χ1n) is 8.71. The largest absolute Gasteiger partial charge is 0.493 e. The predicted molar refractivity (Wildman–Crippen MR) is 92.6 cm³/mol. The van der Waals surface area contributed by atoms with Crippen molar-refractivity contribution in [2.75, 3.05) is 40.3 Å². The number of hydrogen-bond acceptors (Lipinski definition) is 4. The second-order valence-corrected chi connectivity index (χ2v) is 6.63. The molecule has 0 bridgehead atoms. The van der Waals surface area contributed by atoms with Crippen LogP contribution in [0.1, 0.15) is 18.4 Å². The fourth-order valence-corrected chi connectivity index (χ4v) is 2.68. The minimum atomic E-state index is -5.08. The Morgan fingerprint density at radius 2 is 1.93 bits per heavy atom. The lowest BCUT2D eigenvalue weighted by atomic mass is 10.2. The Balaban J connectivity index is 0.000000516. The third-order valence-corrected chi connectivity index (χ3v) is 4.23. The zero-order valence-electron chi connectivity index (χ0n) is 16.0. The zero-order chi connectivity index (χ0) is 22.2. The molecule has 1 fully saturated rings. The van der Waals surface area contributed by atoms with Crippen LogP contribution in [-0.2, 0) is 11.0 Å². The molecule has 1 aliphatic heterocycles. The Kier molecular flexibility index (Phi) is 9.21. The van der Waals surface area contributed by atoms with E-state index in [0.717, 1.165) is 32.1 Å². The zero-order valence-corrected chi connectivity index (χ0v) is 16.0. The van der Waals surface area contributed by atoms with Crippen LogP contribution in [0.25, 0.3) is 0 Å². The van der Waals surface area contributed by atoms with Gasteiger partial charge >= 0.3 is 18.3 Å². The first-order valence-corrected chi connectivity index (χ1v) is 8.71. The van der Waals surface area contributed by atoms with Crippen LogP contribution in [0.3, 0.4) is 0 Å². The third kappa shape index (κ3) is 8.90. The minimum Gasteiger partial charge on any atom is -0.493 e. The summed E-state index contributed by atoms with van der Waals surface area (Å²) < 4.78 is 75.5. The second-order valence-electron chi connectivity index (χ2n) is 6.63. The third-order valence-electron chi connectivity index (χ3n) is 4.23. The van der Waals surface area contributed by atoms with E-state index in [2.05, 4.69) is 30.0 Å². The number of carbonyl (C=O) groups is 1. The molecular weight excluding hydrogens is 406 g/mol. The molecule has 1 heterocycles. The number of carboxylic acid groups (broad SMARTS) is 1. The van der Waals surface area contributed by atoms with E-state index in [1.165, 1.54) is 12.1 Å². The molecule has 5 nitrogen and oxygen atoms in total. The molecule has 0 unspecified atom stereocenters. The van der Waals surface area contributed by atoms with Crippen molar-refractivity contribution in [3.8, 4) is 5.75 Å². The van der Waals surface area contributed by atoms with Crippen LogP contribution in [0.4, 0.5) is 26.3 Å². The molecule has 11 heteroatoms. The van der Waals surface area contributed by atoms with Crippen molar-refractivity contribution in [2.24, 2.45) is 0 Å². The smallest absolute Gasteiger partial charge is 0.490 e. The summed E-state index contributed by atoms with van der Waals surface area (Å²) in [5.41, 5.74) is -0.736. The van der Waals surface area contributed by atoms with E-state index in [-0.39, 0.29) is 12.4 Å². The standard InChI is InChI=1S/C16H22F3N2O.C2HF3O2/c1-20(2)13-8-10-21(12-13)9-5-11-22-15-7-4-3-6-14(15)16(17,18)19;3-2(4,5)1(6)7/h3,6-7,13H,5,8-12H2,1-2H3;(H,6,7)/t13-;/m1./s1. The molecular formula is C18H23F6N2O3. The maximum atomic E-state index is 12.8. The number of alkyl halides is 6. The minimum absolute atomic E-state index is 0.136. The first kappa shape index (κ1) is 25.0. The molecule has 0 amide bonds. The molecule has 1 aliphatic rings. The van der Waals surface area contributed by atoms with E-state index in [1.807, 2.05) is 0 Å². The van der Waals surface area contributed by atoms with Gasteiger partial charge in [-0.05, 0) is 51.7 Å². The molecule has 0 saturated carbocycles. The van der Waals surface area contributed by atoms with E-state index < -0.39 is 23.9 Å². The number of nitrogens with zero attached hydrogens (tertiary/aromatic N) is 2. The summed E-state index contributed by atoms with van der Waals surface area (Å²) in [7, 11) is 4.14. The van der Waals surface area contributed by atoms with E-state index in [0.29, 0.717) is 12.5 Å². The summed E-state index contributed by atoms with van der Waals surface area (Å²) in [4.78, 5) is 13.4. The van der Waals surface area contributed by atoms with Gasteiger partial charge in [0.05, 0.1) is 12.2 Å². The van der Waals surface area contributed by atoms with Crippen molar-refractivity contribution in [3.63, 3.8) is 0 Å². The molecule has 1 radical (unpaired) electrons. The summed E-state index contributed by atoms with van der Waals surface area (Å²) in [5, 5.41) is 7.12. The Labute approximate surface area is 164 Å². The van der Waals surface area contributed by atoms with Crippen molar-refractivity contribution < 1.29 is 41.0 Å². The van der Waals surface area contributed by atoms with E-state index >= 15 is 0 Å². The lowest BCUT2D eigenvalue weighted by Crippen LogP contribution is -2.32. The number of ether oxygens (including phenoxy) is 1. The Morgan fingerprint density at radius 1 is 1.31 bits per heavy atom. The highest BCUT2D eigenvalue weighted by Gasteiger charge is 2.38. The number of likely N-dealkylation sites (N-methyl/N-ethyl adjacent to an activating group) is 1. The summed E-state index contributed by atoms with van der Waals surface area (Å²) in [6.45, 7) is 3.18. The van der Waals surface area contributed by atoms with Gasteiger partial charge in [0.15, 0.2) is 0 Å². The van der Waals surface area contributed by atoms with Crippen LogP contribution in [-0.4, -0.2) is 73.4 Å². The fourth-order valence-electron chi connectivity index (χ4n) is 2.68. The number of halogens is 6. The molecule has 1 aromatic carbocycles. The number of aliphatic carboxylic acids is 1. The number of benzene rings is 1. The summed E-state index contributed by atoms with van der Waals surface area (Å²) >= 11 is 0. The van der Waals surface area contributed by atoms with E-state index in [9.17, 15) is 26.3 Å². The van der Waals surface area contributed by atoms with Crippen molar-refractivity contribution in [1.82, 2.24) is 9.80 Å². The fraction of sp³-hybridized carbons (Fsp3) is 0.611.